The number of aryl methyl sites for hydroxylation is 2. The van der Waals surface area contributed by atoms with E-state index in [2.05, 4.69) is 20.2 Å². The summed E-state index contributed by atoms with van der Waals surface area (Å²) in [6.07, 6.45) is 0. The molecule has 29 heavy (non-hydrogen) atoms. The van der Waals surface area contributed by atoms with Gasteiger partial charge in [0.25, 0.3) is 15.9 Å². The van der Waals surface area contributed by atoms with Crippen LogP contribution in [-0.2, 0) is 14.8 Å². The summed E-state index contributed by atoms with van der Waals surface area (Å²) in [6.45, 7) is 3.17. The van der Waals surface area contributed by atoms with Crippen LogP contribution >= 0.6 is 22.9 Å². The van der Waals surface area contributed by atoms with Crippen LogP contribution in [0.1, 0.15) is 11.1 Å². The number of ether oxygens (including phenoxy) is 1. The fourth-order valence-corrected chi connectivity index (χ4v) is 4.60. The largest absolute Gasteiger partial charge is 0.483 e. The second-order valence-corrected chi connectivity index (χ2v) is 8.94. The Labute approximate surface area is 176 Å². The number of nitrogens with one attached hydrogen (secondary N) is 2. The van der Waals surface area contributed by atoms with Crippen LogP contribution in [-0.4, -0.2) is 31.1 Å². The average molecular weight is 453 g/mol. The molecule has 0 aliphatic carbocycles. The Morgan fingerprint density at radius 2 is 1.97 bits per heavy atom. The third kappa shape index (κ3) is 5.22. The minimum atomic E-state index is -3.96. The van der Waals surface area contributed by atoms with Crippen LogP contribution in [0.25, 0.3) is 0 Å². The monoisotopic (exact) mass is 452 g/mol. The number of para-hydroxylation sites is 1. The van der Waals surface area contributed by atoms with E-state index < -0.39 is 15.9 Å². The van der Waals surface area contributed by atoms with Gasteiger partial charge in [0, 0.05) is 6.07 Å². The number of carbonyl (C=O) groups is 1. The topological polar surface area (TPSA) is 110 Å². The van der Waals surface area contributed by atoms with Crippen molar-refractivity contribution in [2.75, 3.05) is 16.6 Å². The highest BCUT2D eigenvalue weighted by Crippen LogP contribution is 2.31. The van der Waals surface area contributed by atoms with Crippen molar-refractivity contribution in [3.63, 3.8) is 0 Å². The molecule has 0 atom stereocenters. The molecule has 3 aromatic rings. The highest BCUT2D eigenvalue weighted by molar-refractivity contribution is 7.92. The molecular formula is C18H17ClN4O4S2. The van der Waals surface area contributed by atoms with Gasteiger partial charge in [-0.15, -0.1) is 10.2 Å². The van der Waals surface area contributed by atoms with Crippen LogP contribution in [0.15, 0.2) is 46.8 Å². The normalized spacial score (nSPS) is 11.1. The number of amides is 1. The van der Waals surface area contributed by atoms with Crippen molar-refractivity contribution < 1.29 is 17.9 Å². The molecule has 1 heterocycles. The van der Waals surface area contributed by atoms with Gasteiger partial charge in [-0.2, -0.15) is 0 Å². The van der Waals surface area contributed by atoms with Crippen LogP contribution in [0.5, 0.6) is 5.75 Å². The maximum Gasteiger partial charge on any atom is 0.264 e. The van der Waals surface area contributed by atoms with Gasteiger partial charge in [0.15, 0.2) is 6.61 Å². The van der Waals surface area contributed by atoms with Crippen LogP contribution in [0.4, 0.5) is 10.8 Å². The van der Waals surface area contributed by atoms with E-state index in [1.807, 2.05) is 6.07 Å². The highest BCUT2D eigenvalue weighted by Gasteiger charge is 2.21. The first-order valence-electron chi connectivity index (χ1n) is 8.33. The lowest BCUT2D eigenvalue weighted by Crippen LogP contribution is -2.20. The van der Waals surface area contributed by atoms with Crippen LogP contribution in [0.3, 0.4) is 0 Å². The van der Waals surface area contributed by atoms with Crippen LogP contribution in [0, 0.1) is 13.8 Å². The SMILES string of the molecule is Cc1ccccc1NS(=O)(=O)c1cc(OCC(=O)Nc2nncs2)c(C)cc1Cl. The van der Waals surface area contributed by atoms with Crippen molar-refractivity contribution in [2.45, 2.75) is 18.7 Å². The number of anilines is 2. The Morgan fingerprint density at radius 1 is 1.21 bits per heavy atom. The Balaban J connectivity index is 1.79. The van der Waals surface area contributed by atoms with Crippen molar-refractivity contribution in [1.82, 2.24) is 10.2 Å². The smallest absolute Gasteiger partial charge is 0.264 e. The highest BCUT2D eigenvalue weighted by atomic mass is 35.5. The molecule has 0 aliphatic rings. The lowest BCUT2D eigenvalue weighted by Gasteiger charge is -2.15. The molecule has 1 aromatic heterocycles. The molecule has 3 rings (SSSR count). The number of carbonyl (C=O) groups excluding carboxylic acids is 1. The number of hydrogen-bond donors (Lipinski definition) is 2. The molecule has 8 nitrogen and oxygen atoms in total. The molecule has 0 fully saturated rings. The van der Waals surface area contributed by atoms with Crippen LogP contribution in [0.2, 0.25) is 5.02 Å². The number of halogens is 1. The number of aromatic nitrogens is 2. The molecule has 2 N–H and O–H groups in total. The minimum absolute atomic E-state index is 0.0502. The number of hydrogen-bond acceptors (Lipinski definition) is 7. The summed E-state index contributed by atoms with van der Waals surface area (Å²) < 4.78 is 33.7. The summed E-state index contributed by atoms with van der Waals surface area (Å²) in [5, 5.41) is 10.3. The van der Waals surface area contributed by atoms with E-state index in [0.29, 0.717) is 16.4 Å². The Hall–Kier alpha value is -2.69. The molecule has 0 unspecified atom stereocenters. The predicted octanol–water partition coefficient (Wildman–Crippen LogP) is 3.63. The van der Waals surface area contributed by atoms with Gasteiger partial charge in [0.2, 0.25) is 5.13 Å². The second-order valence-electron chi connectivity index (χ2n) is 6.05. The molecule has 0 spiro atoms. The fourth-order valence-electron chi connectivity index (χ4n) is 2.41. The second kappa shape index (κ2) is 8.76. The number of nitrogens with zero attached hydrogens (tertiary/aromatic N) is 2. The Bertz CT molecular complexity index is 1130. The molecule has 2 aromatic carbocycles. The van der Waals surface area contributed by atoms with Gasteiger partial charge in [-0.3, -0.25) is 14.8 Å². The van der Waals surface area contributed by atoms with Crippen LogP contribution < -0.4 is 14.8 Å². The van der Waals surface area contributed by atoms with Gasteiger partial charge in [-0.1, -0.05) is 41.1 Å². The molecule has 1 amide bonds. The van der Waals surface area contributed by atoms with Gasteiger partial charge in [-0.05, 0) is 37.1 Å². The predicted molar refractivity (Wildman–Crippen MR) is 112 cm³/mol. The van der Waals surface area contributed by atoms with Crippen molar-refractivity contribution in [3.8, 4) is 5.75 Å². The van der Waals surface area contributed by atoms with E-state index >= 15 is 0 Å². The van der Waals surface area contributed by atoms with E-state index in [0.717, 1.165) is 5.56 Å². The number of rotatable bonds is 7. The zero-order valence-electron chi connectivity index (χ0n) is 15.5. The molecule has 11 heteroatoms. The third-order valence-electron chi connectivity index (χ3n) is 3.87. The molecule has 0 saturated heterocycles. The van der Waals surface area contributed by atoms with E-state index in [1.165, 1.54) is 29.0 Å². The summed E-state index contributed by atoms with van der Waals surface area (Å²) >= 11 is 7.35. The molecule has 0 radical (unpaired) electrons. The summed E-state index contributed by atoms with van der Waals surface area (Å²) in [5.41, 5.74) is 3.29. The van der Waals surface area contributed by atoms with Gasteiger partial charge < -0.3 is 4.74 Å². The summed E-state index contributed by atoms with van der Waals surface area (Å²) in [6, 6.07) is 9.77. The lowest BCUT2D eigenvalue weighted by atomic mass is 10.2. The van der Waals surface area contributed by atoms with Gasteiger partial charge in [0.05, 0.1) is 10.7 Å². The van der Waals surface area contributed by atoms with Gasteiger partial charge in [0.1, 0.15) is 16.2 Å². The van der Waals surface area contributed by atoms with Gasteiger partial charge >= 0.3 is 0 Å². The van der Waals surface area contributed by atoms with E-state index in [-0.39, 0.29) is 22.3 Å². The van der Waals surface area contributed by atoms with E-state index in [1.54, 1.807) is 32.0 Å². The molecule has 0 aliphatic heterocycles. The maximum absolute atomic E-state index is 12.8. The van der Waals surface area contributed by atoms with Crippen molar-refractivity contribution in [2.24, 2.45) is 0 Å². The standard InChI is InChI=1S/C18H17ClN4O4S2/c1-11-5-3-4-6-14(11)23-29(25,26)16-8-15(12(2)7-13(16)19)27-9-17(24)21-18-22-20-10-28-18/h3-8,10,23H,9H2,1-2H3,(H,21,22,24). The fraction of sp³-hybridized carbons (Fsp3) is 0.167. The van der Waals surface area contributed by atoms with Crippen molar-refractivity contribution in [1.29, 1.82) is 0 Å². The van der Waals surface area contributed by atoms with E-state index in [4.69, 9.17) is 16.3 Å². The zero-order valence-corrected chi connectivity index (χ0v) is 17.9. The lowest BCUT2D eigenvalue weighted by molar-refractivity contribution is -0.118. The number of benzene rings is 2. The Morgan fingerprint density at radius 3 is 2.66 bits per heavy atom. The first-order chi connectivity index (χ1) is 13.8. The zero-order chi connectivity index (χ0) is 21.0. The van der Waals surface area contributed by atoms with Crippen molar-refractivity contribution >= 4 is 49.7 Å². The number of sulfonamides is 1. The maximum atomic E-state index is 12.8. The summed E-state index contributed by atoms with van der Waals surface area (Å²) in [7, 11) is -3.96. The van der Waals surface area contributed by atoms with E-state index in [9.17, 15) is 13.2 Å². The Kier molecular flexibility index (Phi) is 6.36. The third-order valence-corrected chi connectivity index (χ3v) is 6.31. The quantitative estimate of drug-likeness (QED) is 0.566. The summed E-state index contributed by atoms with van der Waals surface area (Å²) in [4.78, 5) is 11.8. The first-order valence-corrected chi connectivity index (χ1v) is 11.1. The molecular weight excluding hydrogens is 436 g/mol. The molecule has 0 saturated carbocycles. The summed E-state index contributed by atoms with van der Waals surface area (Å²) in [5.74, 6) is -0.217. The van der Waals surface area contributed by atoms with Crippen molar-refractivity contribution in [3.05, 3.63) is 58.1 Å². The van der Waals surface area contributed by atoms with Gasteiger partial charge in [-0.25, -0.2) is 8.42 Å². The average Bonchev–Trinajstić information content (AvgIpc) is 3.15. The first kappa shape index (κ1) is 21.0. The molecule has 0 bridgehead atoms. The minimum Gasteiger partial charge on any atom is -0.483 e. The molecule has 152 valence electrons.